The van der Waals surface area contributed by atoms with Crippen molar-refractivity contribution in [2.75, 3.05) is 26.8 Å². The van der Waals surface area contributed by atoms with E-state index >= 15 is 0 Å². The molecule has 1 aliphatic heterocycles. The maximum absolute atomic E-state index is 5.99. The molecular formula is C20H22N4O2. The van der Waals surface area contributed by atoms with Gasteiger partial charge in [-0.1, -0.05) is 6.07 Å². The highest BCUT2D eigenvalue weighted by Gasteiger charge is 2.23. The first-order chi connectivity index (χ1) is 12.8. The molecule has 6 heteroatoms. The Morgan fingerprint density at radius 3 is 2.88 bits per heavy atom. The van der Waals surface area contributed by atoms with Gasteiger partial charge in [-0.2, -0.15) is 0 Å². The summed E-state index contributed by atoms with van der Waals surface area (Å²) in [6.07, 6.45) is 3.61. The first-order valence-corrected chi connectivity index (χ1v) is 8.75. The summed E-state index contributed by atoms with van der Waals surface area (Å²) in [7, 11) is 1.67. The molecule has 1 fully saturated rings. The number of nitrogens with one attached hydrogen (secondary N) is 1. The molecule has 1 aliphatic rings. The molecule has 0 amide bonds. The third-order valence-corrected chi connectivity index (χ3v) is 4.57. The summed E-state index contributed by atoms with van der Waals surface area (Å²) in [5, 5.41) is 0. The minimum Gasteiger partial charge on any atom is -0.497 e. The van der Waals surface area contributed by atoms with Gasteiger partial charge in [-0.15, -0.1) is 0 Å². The maximum Gasteiger partial charge on any atom is 0.120 e. The van der Waals surface area contributed by atoms with Gasteiger partial charge in [0.1, 0.15) is 17.7 Å². The van der Waals surface area contributed by atoms with E-state index in [-0.39, 0.29) is 6.10 Å². The number of aromatic amines is 1. The fraction of sp³-hybridized carbons (Fsp3) is 0.300. The van der Waals surface area contributed by atoms with Crippen molar-refractivity contribution < 1.29 is 9.47 Å². The Bertz CT molecular complexity index is 833. The van der Waals surface area contributed by atoms with Crippen molar-refractivity contribution in [3.8, 4) is 17.0 Å². The topological polar surface area (TPSA) is 63.3 Å². The van der Waals surface area contributed by atoms with Crippen LogP contribution in [0.5, 0.6) is 5.75 Å². The van der Waals surface area contributed by atoms with Crippen molar-refractivity contribution in [3.05, 3.63) is 66.4 Å². The number of pyridine rings is 1. The molecule has 6 nitrogen and oxygen atoms in total. The lowest BCUT2D eigenvalue weighted by atomic mass is 10.1. The van der Waals surface area contributed by atoms with Crippen molar-refractivity contribution in [2.24, 2.45) is 0 Å². The number of nitrogens with zero attached hydrogens (tertiary/aromatic N) is 3. The summed E-state index contributed by atoms with van der Waals surface area (Å²) < 4.78 is 11.2. The SMILES string of the molecule is COc1ccc(-c2cccc([C@H]3CN(Cc4ncc[nH]4)CCO3)n2)cc1. The van der Waals surface area contributed by atoms with E-state index in [1.807, 2.05) is 48.7 Å². The largest absolute Gasteiger partial charge is 0.497 e. The number of benzene rings is 1. The van der Waals surface area contributed by atoms with Gasteiger partial charge in [-0.3, -0.25) is 9.88 Å². The molecule has 1 aromatic carbocycles. The summed E-state index contributed by atoms with van der Waals surface area (Å²) in [5.41, 5.74) is 2.97. The van der Waals surface area contributed by atoms with Crippen LogP contribution >= 0.6 is 0 Å². The van der Waals surface area contributed by atoms with Gasteiger partial charge in [-0.25, -0.2) is 4.98 Å². The van der Waals surface area contributed by atoms with Gasteiger partial charge in [-0.05, 0) is 36.4 Å². The van der Waals surface area contributed by atoms with E-state index in [1.165, 1.54) is 0 Å². The molecule has 0 bridgehead atoms. The van der Waals surface area contributed by atoms with Crippen LogP contribution in [0.25, 0.3) is 11.3 Å². The number of rotatable bonds is 5. The van der Waals surface area contributed by atoms with Gasteiger partial charge in [0.05, 0.1) is 31.6 Å². The van der Waals surface area contributed by atoms with Crippen molar-refractivity contribution >= 4 is 0 Å². The first-order valence-electron chi connectivity index (χ1n) is 8.75. The highest BCUT2D eigenvalue weighted by atomic mass is 16.5. The first kappa shape index (κ1) is 16.8. The lowest BCUT2D eigenvalue weighted by Crippen LogP contribution is -2.38. The molecule has 26 heavy (non-hydrogen) atoms. The lowest BCUT2D eigenvalue weighted by Gasteiger charge is -2.32. The van der Waals surface area contributed by atoms with E-state index in [0.29, 0.717) is 6.61 Å². The molecular weight excluding hydrogens is 328 g/mol. The second-order valence-electron chi connectivity index (χ2n) is 6.31. The number of hydrogen-bond acceptors (Lipinski definition) is 5. The Kier molecular flexibility index (Phi) is 4.95. The van der Waals surface area contributed by atoms with Gasteiger partial charge in [0.25, 0.3) is 0 Å². The average Bonchev–Trinajstić information content (AvgIpc) is 3.21. The lowest BCUT2D eigenvalue weighted by molar-refractivity contribution is -0.0356. The molecule has 4 rings (SSSR count). The van der Waals surface area contributed by atoms with Gasteiger partial charge < -0.3 is 14.5 Å². The van der Waals surface area contributed by atoms with E-state index in [0.717, 1.165) is 48.2 Å². The van der Waals surface area contributed by atoms with E-state index in [1.54, 1.807) is 13.3 Å². The normalized spacial score (nSPS) is 18.0. The van der Waals surface area contributed by atoms with E-state index in [2.05, 4.69) is 14.9 Å². The molecule has 0 spiro atoms. The molecule has 0 aliphatic carbocycles. The van der Waals surface area contributed by atoms with Crippen molar-refractivity contribution in [2.45, 2.75) is 12.6 Å². The molecule has 3 aromatic rings. The zero-order chi connectivity index (χ0) is 17.8. The van der Waals surface area contributed by atoms with Crippen molar-refractivity contribution in [3.63, 3.8) is 0 Å². The van der Waals surface area contributed by atoms with Gasteiger partial charge in [0.15, 0.2) is 0 Å². The van der Waals surface area contributed by atoms with Crippen LogP contribution in [0.2, 0.25) is 0 Å². The Labute approximate surface area is 152 Å². The number of ether oxygens (including phenoxy) is 2. The Morgan fingerprint density at radius 2 is 2.12 bits per heavy atom. The second kappa shape index (κ2) is 7.68. The Balaban J connectivity index is 1.50. The Hall–Kier alpha value is -2.70. The average molecular weight is 350 g/mol. The summed E-state index contributed by atoms with van der Waals surface area (Å²) in [6, 6.07) is 14.0. The zero-order valence-corrected chi connectivity index (χ0v) is 14.8. The van der Waals surface area contributed by atoms with Crippen LogP contribution in [0, 0.1) is 0 Å². The predicted molar refractivity (Wildman–Crippen MR) is 98.8 cm³/mol. The standard InChI is InChI=1S/C20H22N4O2/c1-25-16-7-5-15(6-8-16)17-3-2-4-18(23-17)19-13-24(11-12-26-19)14-20-21-9-10-22-20/h2-10,19H,11-14H2,1H3,(H,21,22)/t19-/m1/s1. The highest BCUT2D eigenvalue weighted by Crippen LogP contribution is 2.25. The van der Waals surface area contributed by atoms with E-state index in [9.17, 15) is 0 Å². The van der Waals surface area contributed by atoms with E-state index < -0.39 is 0 Å². The van der Waals surface area contributed by atoms with Crippen LogP contribution in [0.15, 0.2) is 54.9 Å². The predicted octanol–water partition coefficient (Wildman–Crippen LogP) is 3.05. The van der Waals surface area contributed by atoms with Crippen LogP contribution < -0.4 is 4.74 Å². The second-order valence-corrected chi connectivity index (χ2v) is 6.31. The molecule has 0 radical (unpaired) electrons. The number of morpholine rings is 1. The van der Waals surface area contributed by atoms with Gasteiger partial charge in [0.2, 0.25) is 0 Å². The number of imidazole rings is 1. The van der Waals surface area contributed by atoms with Crippen molar-refractivity contribution in [1.82, 2.24) is 19.9 Å². The molecule has 0 saturated carbocycles. The Morgan fingerprint density at radius 1 is 1.23 bits per heavy atom. The third kappa shape index (κ3) is 3.76. The van der Waals surface area contributed by atoms with Gasteiger partial charge >= 0.3 is 0 Å². The fourth-order valence-electron chi connectivity index (χ4n) is 3.17. The van der Waals surface area contributed by atoms with E-state index in [4.69, 9.17) is 14.5 Å². The molecule has 134 valence electrons. The summed E-state index contributed by atoms with van der Waals surface area (Å²) in [4.78, 5) is 14.7. The van der Waals surface area contributed by atoms with Crippen LogP contribution in [-0.4, -0.2) is 46.7 Å². The number of aromatic nitrogens is 3. The minimum atomic E-state index is -0.0306. The van der Waals surface area contributed by atoms with Crippen LogP contribution in [0.4, 0.5) is 0 Å². The fourth-order valence-corrected chi connectivity index (χ4v) is 3.17. The zero-order valence-electron chi connectivity index (χ0n) is 14.8. The molecule has 2 aromatic heterocycles. The quantitative estimate of drug-likeness (QED) is 0.766. The molecule has 3 heterocycles. The molecule has 1 saturated heterocycles. The molecule has 0 unspecified atom stereocenters. The third-order valence-electron chi connectivity index (χ3n) is 4.57. The monoisotopic (exact) mass is 350 g/mol. The van der Waals surface area contributed by atoms with Crippen molar-refractivity contribution in [1.29, 1.82) is 0 Å². The van der Waals surface area contributed by atoms with Crippen LogP contribution in [-0.2, 0) is 11.3 Å². The smallest absolute Gasteiger partial charge is 0.120 e. The minimum absolute atomic E-state index is 0.0306. The highest BCUT2D eigenvalue weighted by molar-refractivity contribution is 5.60. The van der Waals surface area contributed by atoms with Gasteiger partial charge in [0, 0.05) is 31.0 Å². The number of hydrogen-bond donors (Lipinski definition) is 1. The molecule has 1 atom stereocenters. The summed E-state index contributed by atoms with van der Waals surface area (Å²) in [5.74, 6) is 1.82. The summed E-state index contributed by atoms with van der Waals surface area (Å²) >= 11 is 0. The summed E-state index contributed by atoms with van der Waals surface area (Å²) in [6.45, 7) is 3.19. The maximum atomic E-state index is 5.99. The van der Waals surface area contributed by atoms with Crippen LogP contribution in [0.1, 0.15) is 17.6 Å². The number of H-pyrrole nitrogens is 1. The van der Waals surface area contributed by atoms with Crippen LogP contribution in [0.3, 0.4) is 0 Å². The number of methoxy groups -OCH3 is 1. The molecule has 1 N–H and O–H groups in total.